The van der Waals surface area contributed by atoms with Gasteiger partial charge in [0.25, 0.3) is 5.91 Å². The first kappa shape index (κ1) is 21.8. The highest BCUT2D eigenvalue weighted by Gasteiger charge is 2.35. The Morgan fingerprint density at radius 2 is 1.90 bits per heavy atom. The molecule has 2 unspecified atom stereocenters. The topological polar surface area (TPSA) is 94.2 Å². The Labute approximate surface area is 176 Å². The monoisotopic (exact) mass is 434 g/mol. The van der Waals surface area contributed by atoms with Gasteiger partial charge in [-0.2, -0.15) is 0 Å². The van der Waals surface area contributed by atoms with Crippen molar-refractivity contribution in [3.05, 3.63) is 48.0 Å². The number of benzene rings is 2. The van der Waals surface area contributed by atoms with Crippen LogP contribution in [0.5, 0.6) is 17.2 Å². The fourth-order valence-corrected chi connectivity index (χ4v) is 3.99. The van der Waals surface area contributed by atoms with E-state index in [1.807, 2.05) is 13.0 Å². The molecule has 1 N–H and O–H groups in total. The lowest BCUT2D eigenvalue weighted by molar-refractivity contribution is -0.128. The molecule has 1 aliphatic heterocycles. The lowest BCUT2D eigenvalue weighted by Crippen LogP contribution is -2.52. The van der Waals surface area contributed by atoms with Crippen molar-refractivity contribution < 1.29 is 27.4 Å². The molecule has 0 radical (unpaired) electrons. The number of hydrogen-bond acceptors (Lipinski definition) is 6. The largest absolute Gasteiger partial charge is 0.497 e. The number of ether oxygens (including phenoxy) is 3. The molecule has 1 heterocycles. The number of amides is 1. The first-order valence-electron chi connectivity index (χ1n) is 9.49. The lowest BCUT2D eigenvalue weighted by Gasteiger charge is -2.34. The lowest BCUT2D eigenvalue weighted by atomic mass is 10.1. The van der Waals surface area contributed by atoms with Gasteiger partial charge in [-0.25, -0.2) is 8.42 Å². The second-order valence-corrected chi connectivity index (χ2v) is 9.17. The molecule has 0 saturated heterocycles. The van der Waals surface area contributed by atoms with Crippen molar-refractivity contribution in [2.45, 2.75) is 26.0 Å². The predicted octanol–water partition coefficient (Wildman–Crippen LogP) is 2.11. The van der Waals surface area contributed by atoms with E-state index >= 15 is 0 Å². The van der Waals surface area contributed by atoms with Crippen molar-refractivity contribution in [1.82, 2.24) is 5.32 Å². The fourth-order valence-electron chi connectivity index (χ4n) is 3.08. The van der Waals surface area contributed by atoms with E-state index in [1.54, 1.807) is 50.4 Å². The molecule has 1 aliphatic rings. The van der Waals surface area contributed by atoms with Gasteiger partial charge in [-0.1, -0.05) is 6.07 Å². The van der Waals surface area contributed by atoms with E-state index in [0.29, 0.717) is 17.2 Å². The molecule has 2 atom stereocenters. The highest BCUT2D eigenvalue weighted by Crippen LogP contribution is 2.35. The maximum Gasteiger partial charge on any atom is 0.263 e. The summed E-state index contributed by atoms with van der Waals surface area (Å²) in [7, 11) is -1.98. The quantitative estimate of drug-likeness (QED) is 0.717. The first-order chi connectivity index (χ1) is 14.2. The van der Waals surface area contributed by atoms with Crippen LogP contribution in [0.1, 0.15) is 12.5 Å². The molecule has 9 heteroatoms. The molecular formula is C21H26N2O6S. The summed E-state index contributed by atoms with van der Waals surface area (Å²) in [5, 5.41) is 2.82. The van der Waals surface area contributed by atoms with E-state index < -0.39 is 22.0 Å². The van der Waals surface area contributed by atoms with Crippen LogP contribution >= 0.6 is 0 Å². The molecule has 1 amide bonds. The Morgan fingerprint density at radius 1 is 1.23 bits per heavy atom. The molecule has 2 aromatic carbocycles. The Kier molecular flexibility index (Phi) is 6.40. The van der Waals surface area contributed by atoms with E-state index in [9.17, 15) is 13.2 Å². The number of hydrogen-bond donors (Lipinski definition) is 1. The zero-order valence-electron chi connectivity index (χ0n) is 17.4. The summed E-state index contributed by atoms with van der Waals surface area (Å²) in [4.78, 5) is 12.7. The van der Waals surface area contributed by atoms with Crippen molar-refractivity contribution >= 4 is 21.6 Å². The van der Waals surface area contributed by atoms with Gasteiger partial charge in [0.05, 0.1) is 31.6 Å². The summed E-state index contributed by atoms with van der Waals surface area (Å²) in [6, 6.07) is 12.0. The Balaban J connectivity index is 1.63. The summed E-state index contributed by atoms with van der Waals surface area (Å²) in [6.07, 6.45) is 0.156. The third-order valence-corrected chi connectivity index (χ3v) is 5.77. The van der Waals surface area contributed by atoms with Crippen molar-refractivity contribution in [2.24, 2.45) is 0 Å². The third kappa shape index (κ3) is 5.15. The van der Waals surface area contributed by atoms with Gasteiger partial charge in [0.15, 0.2) is 6.10 Å². The molecule has 30 heavy (non-hydrogen) atoms. The van der Waals surface area contributed by atoms with E-state index in [4.69, 9.17) is 14.2 Å². The SMILES string of the molecule is COc1ccc(OCC(C)NC(=O)C2CN(S(C)(=O)=O)c3cc(C)ccc3O2)cc1. The van der Waals surface area contributed by atoms with Crippen molar-refractivity contribution in [3.8, 4) is 17.2 Å². The van der Waals surface area contributed by atoms with Crippen LogP contribution in [-0.4, -0.2) is 53.0 Å². The smallest absolute Gasteiger partial charge is 0.263 e. The number of sulfonamides is 1. The maximum atomic E-state index is 12.7. The van der Waals surface area contributed by atoms with E-state index in [2.05, 4.69) is 5.32 Å². The zero-order chi connectivity index (χ0) is 21.9. The van der Waals surface area contributed by atoms with Crippen LogP contribution in [0, 0.1) is 6.92 Å². The number of aryl methyl sites for hydroxylation is 1. The highest BCUT2D eigenvalue weighted by atomic mass is 32.2. The number of carbonyl (C=O) groups is 1. The van der Waals surface area contributed by atoms with E-state index in [-0.39, 0.29) is 19.2 Å². The molecule has 162 valence electrons. The van der Waals surface area contributed by atoms with Crippen molar-refractivity contribution in [1.29, 1.82) is 0 Å². The first-order valence-corrected chi connectivity index (χ1v) is 11.3. The summed E-state index contributed by atoms with van der Waals surface area (Å²) in [6.45, 7) is 3.82. The maximum absolute atomic E-state index is 12.7. The zero-order valence-corrected chi connectivity index (χ0v) is 18.2. The molecule has 3 rings (SSSR count). The number of rotatable bonds is 7. The van der Waals surface area contributed by atoms with Crippen LogP contribution in [0.15, 0.2) is 42.5 Å². The van der Waals surface area contributed by atoms with Crippen LogP contribution < -0.4 is 23.8 Å². The number of fused-ring (bicyclic) bond motifs is 1. The Hall–Kier alpha value is -2.94. The standard InChI is InChI=1S/C21H26N2O6S/c1-14-5-10-19-18(11-14)23(30(4,25)26)12-20(29-19)21(24)22-15(2)13-28-17-8-6-16(27-3)7-9-17/h5-11,15,20H,12-13H2,1-4H3,(H,22,24). The van der Waals surface area contributed by atoms with Crippen LogP contribution in [0.4, 0.5) is 5.69 Å². The molecule has 0 aromatic heterocycles. The number of nitrogens with one attached hydrogen (secondary N) is 1. The van der Waals surface area contributed by atoms with Gasteiger partial charge in [0, 0.05) is 0 Å². The summed E-state index contributed by atoms with van der Waals surface area (Å²) < 4.78 is 42.3. The number of carbonyl (C=O) groups excluding carboxylic acids is 1. The van der Waals surface area contributed by atoms with E-state index in [1.165, 1.54) is 4.31 Å². The van der Waals surface area contributed by atoms with Crippen molar-refractivity contribution in [3.63, 3.8) is 0 Å². The molecule has 2 aromatic rings. The Bertz CT molecular complexity index is 1010. The molecule has 0 saturated carbocycles. The van der Waals surface area contributed by atoms with Crippen LogP contribution in [-0.2, 0) is 14.8 Å². The second kappa shape index (κ2) is 8.83. The number of nitrogens with zero attached hydrogens (tertiary/aromatic N) is 1. The minimum absolute atomic E-state index is 0.0901. The van der Waals surface area contributed by atoms with Gasteiger partial charge in [0.1, 0.15) is 23.9 Å². The summed E-state index contributed by atoms with van der Waals surface area (Å²) in [5.41, 5.74) is 1.34. The predicted molar refractivity (Wildman–Crippen MR) is 114 cm³/mol. The number of methoxy groups -OCH3 is 1. The van der Waals surface area contributed by atoms with E-state index in [0.717, 1.165) is 17.6 Å². The van der Waals surface area contributed by atoms with Gasteiger partial charge >= 0.3 is 0 Å². The van der Waals surface area contributed by atoms with Gasteiger partial charge in [-0.15, -0.1) is 0 Å². The highest BCUT2D eigenvalue weighted by molar-refractivity contribution is 7.92. The Morgan fingerprint density at radius 3 is 2.53 bits per heavy atom. The molecule has 0 bridgehead atoms. The minimum atomic E-state index is -3.56. The average molecular weight is 435 g/mol. The van der Waals surface area contributed by atoms with Crippen LogP contribution in [0.3, 0.4) is 0 Å². The molecule has 0 aliphatic carbocycles. The van der Waals surface area contributed by atoms with Gasteiger partial charge < -0.3 is 19.5 Å². The van der Waals surface area contributed by atoms with Crippen LogP contribution in [0.25, 0.3) is 0 Å². The summed E-state index contributed by atoms with van der Waals surface area (Å²) in [5.74, 6) is 1.34. The number of anilines is 1. The minimum Gasteiger partial charge on any atom is -0.497 e. The molecular weight excluding hydrogens is 408 g/mol. The van der Waals surface area contributed by atoms with Gasteiger partial charge in [-0.05, 0) is 55.8 Å². The molecule has 0 spiro atoms. The molecule has 0 fully saturated rings. The van der Waals surface area contributed by atoms with Crippen molar-refractivity contribution in [2.75, 3.05) is 30.8 Å². The van der Waals surface area contributed by atoms with Gasteiger partial charge in [-0.3, -0.25) is 9.10 Å². The average Bonchev–Trinajstić information content (AvgIpc) is 2.71. The third-order valence-electron chi connectivity index (χ3n) is 4.62. The van der Waals surface area contributed by atoms with Gasteiger partial charge in [0.2, 0.25) is 10.0 Å². The normalized spacial score (nSPS) is 16.8. The summed E-state index contributed by atoms with van der Waals surface area (Å²) >= 11 is 0. The molecule has 8 nitrogen and oxygen atoms in total. The van der Waals surface area contributed by atoms with Crippen LogP contribution in [0.2, 0.25) is 0 Å². The fraction of sp³-hybridized carbons (Fsp3) is 0.381. The second-order valence-electron chi connectivity index (χ2n) is 7.27.